The third-order valence-electron chi connectivity index (χ3n) is 4.99. The lowest BCUT2D eigenvalue weighted by Gasteiger charge is -2.37. The highest BCUT2D eigenvalue weighted by Gasteiger charge is 2.52. The summed E-state index contributed by atoms with van der Waals surface area (Å²) in [5, 5.41) is 9.37. The SMILES string of the molecule is O=C1Oc2ccccc2[C@@H]2c3sc(=O)n(-c4ccccc4)c3S[C@@H](C(=O)O)[C@@H]12. The van der Waals surface area contributed by atoms with Crippen LogP contribution in [0.15, 0.2) is 64.4 Å². The number of fused-ring (bicyclic) bond motifs is 5. The molecule has 1 aromatic heterocycles. The van der Waals surface area contributed by atoms with E-state index in [4.69, 9.17) is 4.74 Å². The van der Waals surface area contributed by atoms with Crippen LogP contribution >= 0.6 is 23.1 Å². The molecule has 140 valence electrons. The first-order valence-corrected chi connectivity index (χ1v) is 10.3. The van der Waals surface area contributed by atoms with E-state index in [0.717, 1.165) is 28.7 Å². The van der Waals surface area contributed by atoms with Crippen molar-refractivity contribution in [2.45, 2.75) is 16.2 Å². The molecule has 8 heteroatoms. The quantitative estimate of drug-likeness (QED) is 0.515. The monoisotopic (exact) mass is 411 g/mol. The normalized spacial score (nSPS) is 22.6. The highest BCUT2D eigenvalue weighted by molar-refractivity contribution is 8.00. The van der Waals surface area contributed by atoms with E-state index >= 15 is 0 Å². The Morgan fingerprint density at radius 3 is 2.50 bits per heavy atom. The van der Waals surface area contributed by atoms with Crippen molar-refractivity contribution in [3.05, 3.63) is 74.7 Å². The molecule has 5 rings (SSSR count). The van der Waals surface area contributed by atoms with Crippen LogP contribution in [0.2, 0.25) is 0 Å². The van der Waals surface area contributed by atoms with Crippen molar-refractivity contribution in [3.8, 4) is 11.4 Å². The number of carbonyl (C=O) groups excluding carboxylic acids is 1. The Morgan fingerprint density at radius 1 is 1.04 bits per heavy atom. The highest BCUT2D eigenvalue weighted by atomic mass is 32.2. The van der Waals surface area contributed by atoms with Gasteiger partial charge >= 0.3 is 16.8 Å². The van der Waals surface area contributed by atoms with E-state index in [1.807, 2.05) is 30.3 Å². The van der Waals surface area contributed by atoms with Crippen LogP contribution < -0.4 is 9.61 Å². The van der Waals surface area contributed by atoms with Gasteiger partial charge in [0.15, 0.2) is 0 Å². The average Bonchev–Trinajstić information content (AvgIpc) is 3.03. The fourth-order valence-electron chi connectivity index (χ4n) is 3.82. The number of nitrogens with zero attached hydrogens (tertiary/aromatic N) is 1. The van der Waals surface area contributed by atoms with Crippen LogP contribution in [0.3, 0.4) is 0 Å². The number of hydrogen-bond donors (Lipinski definition) is 1. The van der Waals surface area contributed by atoms with Gasteiger partial charge in [0.25, 0.3) is 0 Å². The van der Waals surface area contributed by atoms with E-state index in [2.05, 4.69) is 0 Å². The van der Waals surface area contributed by atoms with Crippen molar-refractivity contribution in [1.82, 2.24) is 4.57 Å². The summed E-state index contributed by atoms with van der Waals surface area (Å²) < 4.78 is 6.96. The second-order valence-corrected chi connectivity index (χ2v) is 8.67. The Morgan fingerprint density at radius 2 is 1.75 bits per heavy atom. The molecular formula is C20H13NO5S2. The van der Waals surface area contributed by atoms with Gasteiger partial charge in [-0.1, -0.05) is 59.5 Å². The van der Waals surface area contributed by atoms with Gasteiger partial charge in [-0.25, -0.2) is 0 Å². The molecule has 3 atom stereocenters. The molecule has 0 saturated carbocycles. The molecule has 3 heterocycles. The van der Waals surface area contributed by atoms with Crippen LogP contribution in [0.25, 0.3) is 5.69 Å². The molecule has 0 amide bonds. The summed E-state index contributed by atoms with van der Waals surface area (Å²) in [5.74, 6) is -2.64. The van der Waals surface area contributed by atoms with Crippen molar-refractivity contribution in [1.29, 1.82) is 0 Å². The van der Waals surface area contributed by atoms with Crippen molar-refractivity contribution in [2.24, 2.45) is 5.92 Å². The fourth-order valence-corrected chi connectivity index (χ4v) is 6.50. The molecule has 0 fully saturated rings. The molecule has 28 heavy (non-hydrogen) atoms. The van der Waals surface area contributed by atoms with E-state index in [1.165, 1.54) is 0 Å². The molecular weight excluding hydrogens is 398 g/mol. The fraction of sp³-hybridized carbons (Fsp3) is 0.150. The van der Waals surface area contributed by atoms with Crippen molar-refractivity contribution in [2.75, 3.05) is 0 Å². The summed E-state index contributed by atoms with van der Waals surface area (Å²) in [6.45, 7) is 0. The number of aromatic nitrogens is 1. The first-order chi connectivity index (χ1) is 13.6. The zero-order chi connectivity index (χ0) is 19.4. The predicted molar refractivity (Wildman–Crippen MR) is 105 cm³/mol. The Kier molecular flexibility index (Phi) is 3.92. The van der Waals surface area contributed by atoms with Crippen LogP contribution in [0.5, 0.6) is 5.75 Å². The van der Waals surface area contributed by atoms with Crippen molar-refractivity contribution in [3.63, 3.8) is 0 Å². The Bertz CT molecular complexity index is 1170. The highest BCUT2D eigenvalue weighted by Crippen LogP contribution is 2.54. The summed E-state index contributed by atoms with van der Waals surface area (Å²) in [6, 6.07) is 16.2. The largest absolute Gasteiger partial charge is 0.480 e. The number of carboxylic acid groups (broad SMARTS) is 1. The second-order valence-electron chi connectivity index (χ2n) is 6.55. The molecule has 0 spiro atoms. The molecule has 6 nitrogen and oxygen atoms in total. The smallest absolute Gasteiger partial charge is 0.317 e. The summed E-state index contributed by atoms with van der Waals surface area (Å²) in [4.78, 5) is 38.1. The molecule has 2 aromatic carbocycles. The number of ether oxygens (including phenoxy) is 1. The van der Waals surface area contributed by atoms with Gasteiger partial charge in [0.1, 0.15) is 11.0 Å². The minimum Gasteiger partial charge on any atom is -0.480 e. The average molecular weight is 411 g/mol. The summed E-state index contributed by atoms with van der Waals surface area (Å²) in [5.41, 5.74) is 1.41. The third kappa shape index (κ3) is 2.45. The van der Waals surface area contributed by atoms with Gasteiger partial charge in [0, 0.05) is 16.4 Å². The van der Waals surface area contributed by atoms with E-state index in [0.29, 0.717) is 21.3 Å². The number of hydrogen-bond acceptors (Lipinski definition) is 6. The first kappa shape index (κ1) is 17.3. The van der Waals surface area contributed by atoms with Crippen LogP contribution in [-0.2, 0) is 9.59 Å². The van der Waals surface area contributed by atoms with E-state index in [-0.39, 0.29) is 4.87 Å². The molecule has 0 radical (unpaired) electrons. The van der Waals surface area contributed by atoms with Gasteiger partial charge in [-0.15, -0.1) is 0 Å². The molecule has 1 N–H and O–H groups in total. The maximum absolute atomic E-state index is 12.9. The second kappa shape index (κ2) is 6.35. The zero-order valence-electron chi connectivity index (χ0n) is 14.3. The van der Waals surface area contributed by atoms with Gasteiger partial charge in [-0.2, -0.15) is 0 Å². The lowest BCUT2D eigenvalue weighted by Crippen LogP contribution is -2.44. The molecule has 0 saturated heterocycles. The van der Waals surface area contributed by atoms with Crippen LogP contribution in [-0.4, -0.2) is 26.9 Å². The Hall–Kier alpha value is -2.84. The van der Waals surface area contributed by atoms with Gasteiger partial charge in [-0.05, 0) is 18.2 Å². The van der Waals surface area contributed by atoms with E-state index in [1.54, 1.807) is 28.8 Å². The number of rotatable bonds is 2. The van der Waals surface area contributed by atoms with Crippen LogP contribution in [0.4, 0.5) is 0 Å². The predicted octanol–water partition coefficient (Wildman–Crippen LogP) is 3.13. The Balaban J connectivity index is 1.79. The number of carboxylic acids is 1. The third-order valence-corrected chi connectivity index (χ3v) is 7.52. The molecule has 2 aliphatic rings. The lowest BCUT2D eigenvalue weighted by atomic mass is 9.80. The van der Waals surface area contributed by atoms with Crippen molar-refractivity contribution >= 4 is 35.0 Å². The maximum Gasteiger partial charge on any atom is 0.317 e. The molecule has 0 aliphatic carbocycles. The van der Waals surface area contributed by atoms with Gasteiger partial charge in [0.05, 0.1) is 16.6 Å². The Labute approximate surface area is 167 Å². The molecule has 3 aromatic rings. The summed E-state index contributed by atoms with van der Waals surface area (Å²) >= 11 is 2.11. The number of benzene rings is 2. The van der Waals surface area contributed by atoms with Gasteiger partial charge in [-0.3, -0.25) is 19.0 Å². The van der Waals surface area contributed by atoms with E-state index in [9.17, 15) is 19.5 Å². The summed E-state index contributed by atoms with van der Waals surface area (Å²) in [7, 11) is 0. The molecule has 0 unspecified atom stereocenters. The number of aliphatic carboxylic acids is 1. The molecule has 0 bridgehead atoms. The first-order valence-electron chi connectivity index (χ1n) is 8.57. The summed E-state index contributed by atoms with van der Waals surface area (Å²) in [6.07, 6.45) is 0. The standard InChI is InChI=1S/C20H13NO5S2/c22-18(23)16-14-13(11-8-4-5-9-12(11)26-19(14)24)15-17(27-16)21(20(25)28-15)10-6-2-1-3-7-10/h1-9,13-14,16H,(H,22,23)/t13-,14-,16+/m0/s1. The number of para-hydroxylation sites is 2. The topological polar surface area (TPSA) is 85.6 Å². The number of carbonyl (C=O) groups is 2. The van der Waals surface area contributed by atoms with Crippen LogP contribution in [0.1, 0.15) is 16.4 Å². The van der Waals surface area contributed by atoms with Gasteiger partial charge < -0.3 is 9.84 Å². The number of thioether (sulfide) groups is 1. The minimum absolute atomic E-state index is 0.204. The van der Waals surface area contributed by atoms with Crippen LogP contribution in [0, 0.1) is 5.92 Å². The minimum atomic E-state index is -1.10. The van der Waals surface area contributed by atoms with Crippen molar-refractivity contribution < 1.29 is 19.4 Å². The van der Waals surface area contributed by atoms with Gasteiger partial charge in [0.2, 0.25) is 0 Å². The molecule has 2 aliphatic heterocycles. The maximum atomic E-state index is 12.9. The number of esters is 1. The zero-order valence-corrected chi connectivity index (χ0v) is 15.9. The lowest BCUT2D eigenvalue weighted by molar-refractivity contribution is -0.147. The number of thiazole rings is 1. The van der Waals surface area contributed by atoms with E-state index < -0.39 is 29.0 Å².